The van der Waals surface area contributed by atoms with Crippen LogP contribution in [0.5, 0.6) is 0 Å². The lowest BCUT2D eigenvalue weighted by molar-refractivity contribution is 0.140. The van der Waals surface area contributed by atoms with Crippen LogP contribution in [0.15, 0.2) is 12.4 Å². The van der Waals surface area contributed by atoms with Crippen molar-refractivity contribution in [1.29, 1.82) is 0 Å². The number of rotatable bonds is 6. The first kappa shape index (κ1) is 15.5. The quantitative estimate of drug-likeness (QED) is 0.866. The molecular weight excluding hydrogens is 304 g/mol. The molecule has 2 aromatic heterocycles. The molecule has 1 fully saturated rings. The Bertz CT molecular complexity index is 724. The van der Waals surface area contributed by atoms with Crippen LogP contribution in [0.2, 0.25) is 0 Å². The lowest BCUT2D eigenvalue weighted by Gasteiger charge is -2.29. The van der Waals surface area contributed by atoms with E-state index < -0.39 is 0 Å². The summed E-state index contributed by atoms with van der Waals surface area (Å²) in [4.78, 5) is 12.1. The smallest absolute Gasteiger partial charge is 0.164 e. The number of nitrogens with zero attached hydrogens (tertiary/aromatic N) is 5. The summed E-state index contributed by atoms with van der Waals surface area (Å²) < 4.78 is 7.01. The highest BCUT2D eigenvalue weighted by Crippen LogP contribution is 2.31. The summed E-state index contributed by atoms with van der Waals surface area (Å²) in [6, 6.07) is 0.570. The first-order valence-corrected chi connectivity index (χ1v) is 8.59. The molecule has 24 heavy (non-hydrogen) atoms. The molecule has 0 bridgehead atoms. The largest absolute Gasteiger partial charge is 0.383 e. The summed E-state index contributed by atoms with van der Waals surface area (Å²) in [5.41, 5.74) is 3.39. The second-order valence-electron chi connectivity index (χ2n) is 6.66. The molecule has 3 heterocycles. The summed E-state index contributed by atoms with van der Waals surface area (Å²) >= 11 is 0. The Morgan fingerprint density at radius 3 is 2.92 bits per heavy atom. The van der Waals surface area contributed by atoms with Crippen LogP contribution in [0.4, 0.5) is 5.82 Å². The number of anilines is 1. The van der Waals surface area contributed by atoms with Crippen molar-refractivity contribution in [2.24, 2.45) is 7.05 Å². The Hall–Kier alpha value is -1.99. The molecule has 1 saturated carbocycles. The van der Waals surface area contributed by atoms with Crippen LogP contribution >= 0.6 is 0 Å². The number of fused-ring (bicyclic) bond motifs is 1. The van der Waals surface area contributed by atoms with Crippen molar-refractivity contribution in [3.8, 4) is 11.4 Å². The Labute approximate surface area is 142 Å². The van der Waals surface area contributed by atoms with Gasteiger partial charge in [-0.15, -0.1) is 0 Å². The van der Waals surface area contributed by atoms with Gasteiger partial charge in [0.25, 0.3) is 0 Å². The number of methoxy groups -OCH3 is 1. The molecule has 1 aliphatic heterocycles. The number of aromatic nitrogens is 4. The molecule has 7 nitrogen and oxygen atoms in total. The van der Waals surface area contributed by atoms with Crippen LogP contribution in [0.25, 0.3) is 11.4 Å². The minimum Gasteiger partial charge on any atom is -0.383 e. The molecule has 0 aromatic carbocycles. The second-order valence-corrected chi connectivity index (χ2v) is 6.66. The van der Waals surface area contributed by atoms with E-state index in [0.29, 0.717) is 6.04 Å². The van der Waals surface area contributed by atoms with Crippen molar-refractivity contribution in [2.75, 3.05) is 32.1 Å². The molecule has 4 rings (SSSR count). The number of ether oxygens (including phenoxy) is 1. The van der Waals surface area contributed by atoms with Crippen molar-refractivity contribution in [1.82, 2.24) is 24.6 Å². The van der Waals surface area contributed by atoms with Gasteiger partial charge < -0.3 is 10.1 Å². The van der Waals surface area contributed by atoms with E-state index in [1.54, 1.807) is 11.8 Å². The van der Waals surface area contributed by atoms with E-state index in [1.807, 2.05) is 19.4 Å². The van der Waals surface area contributed by atoms with Gasteiger partial charge in [-0.2, -0.15) is 5.10 Å². The van der Waals surface area contributed by atoms with Gasteiger partial charge in [0.15, 0.2) is 5.82 Å². The van der Waals surface area contributed by atoms with Gasteiger partial charge in [-0.05, 0) is 12.8 Å². The lowest BCUT2D eigenvalue weighted by atomic mass is 10.1. The van der Waals surface area contributed by atoms with Gasteiger partial charge in [0.1, 0.15) is 5.82 Å². The van der Waals surface area contributed by atoms with Gasteiger partial charge in [-0.1, -0.05) is 0 Å². The highest BCUT2D eigenvalue weighted by Gasteiger charge is 2.27. The molecule has 2 aromatic rings. The highest BCUT2D eigenvalue weighted by atomic mass is 16.5. The topological polar surface area (TPSA) is 68.1 Å². The van der Waals surface area contributed by atoms with Gasteiger partial charge in [0, 0.05) is 58.0 Å². The van der Waals surface area contributed by atoms with Crippen molar-refractivity contribution in [3.05, 3.63) is 23.7 Å². The Kier molecular flexibility index (Phi) is 4.20. The molecule has 0 spiro atoms. The fraction of sp³-hybridized carbons (Fsp3) is 0.588. The summed E-state index contributed by atoms with van der Waals surface area (Å²) in [7, 11) is 3.67. The van der Waals surface area contributed by atoms with E-state index in [2.05, 4.69) is 15.3 Å². The van der Waals surface area contributed by atoms with Crippen LogP contribution in [-0.2, 0) is 24.8 Å². The van der Waals surface area contributed by atoms with Crippen molar-refractivity contribution in [2.45, 2.75) is 31.8 Å². The van der Waals surface area contributed by atoms with E-state index in [-0.39, 0.29) is 0 Å². The third-order valence-corrected chi connectivity index (χ3v) is 4.63. The van der Waals surface area contributed by atoms with Crippen LogP contribution < -0.4 is 5.32 Å². The van der Waals surface area contributed by atoms with E-state index in [9.17, 15) is 0 Å². The van der Waals surface area contributed by atoms with E-state index in [0.717, 1.165) is 49.9 Å². The summed E-state index contributed by atoms with van der Waals surface area (Å²) in [5, 5.41) is 7.85. The van der Waals surface area contributed by atoms with Crippen LogP contribution in [-0.4, -0.2) is 57.5 Å². The lowest BCUT2D eigenvalue weighted by Crippen LogP contribution is -2.34. The molecule has 0 amide bonds. The average molecular weight is 328 g/mol. The van der Waals surface area contributed by atoms with Crippen molar-refractivity contribution >= 4 is 5.82 Å². The zero-order valence-electron chi connectivity index (χ0n) is 14.3. The number of nitrogens with one attached hydrogen (secondary N) is 1. The molecule has 0 unspecified atom stereocenters. The zero-order valence-corrected chi connectivity index (χ0v) is 14.3. The molecule has 2 aliphatic rings. The number of hydrogen-bond acceptors (Lipinski definition) is 6. The number of hydrogen-bond donors (Lipinski definition) is 1. The van der Waals surface area contributed by atoms with Crippen LogP contribution in [0.1, 0.15) is 24.1 Å². The third-order valence-electron chi connectivity index (χ3n) is 4.63. The van der Waals surface area contributed by atoms with Gasteiger partial charge in [-0.3, -0.25) is 9.58 Å². The normalized spacial score (nSPS) is 17.8. The molecule has 0 atom stereocenters. The van der Waals surface area contributed by atoms with Crippen LogP contribution in [0, 0.1) is 0 Å². The van der Waals surface area contributed by atoms with Gasteiger partial charge in [-0.25, -0.2) is 9.97 Å². The maximum absolute atomic E-state index is 5.22. The predicted octanol–water partition coefficient (Wildman–Crippen LogP) is 1.46. The number of aryl methyl sites for hydroxylation is 1. The molecule has 1 aliphatic carbocycles. The highest BCUT2D eigenvalue weighted by molar-refractivity contribution is 5.59. The summed E-state index contributed by atoms with van der Waals surface area (Å²) in [6.45, 7) is 3.61. The first-order chi connectivity index (χ1) is 11.7. The van der Waals surface area contributed by atoms with Gasteiger partial charge >= 0.3 is 0 Å². The van der Waals surface area contributed by atoms with E-state index >= 15 is 0 Å². The average Bonchev–Trinajstić information content (AvgIpc) is 3.30. The standard InChI is InChI=1S/C17H24N6O/c1-22-10-12(9-18-22)16-20-15-5-6-23(7-8-24-2)11-14(15)17(21-16)19-13-3-4-13/h9-10,13H,3-8,11H2,1-2H3,(H,19,20,21). The molecule has 0 saturated heterocycles. The maximum atomic E-state index is 5.22. The Balaban J connectivity index is 1.66. The molecule has 128 valence electrons. The Morgan fingerprint density at radius 1 is 1.33 bits per heavy atom. The molecule has 1 N–H and O–H groups in total. The summed E-state index contributed by atoms with van der Waals surface area (Å²) in [5.74, 6) is 1.78. The first-order valence-electron chi connectivity index (χ1n) is 8.59. The maximum Gasteiger partial charge on any atom is 0.164 e. The molecular formula is C17H24N6O. The second kappa shape index (κ2) is 6.49. The summed E-state index contributed by atoms with van der Waals surface area (Å²) in [6.07, 6.45) is 7.21. The fourth-order valence-corrected chi connectivity index (χ4v) is 3.09. The molecule has 0 radical (unpaired) electrons. The van der Waals surface area contributed by atoms with Crippen LogP contribution in [0.3, 0.4) is 0 Å². The monoisotopic (exact) mass is 328 g/mol. The minimum atomic E-state index is 0.570. The fourth-order valence-electron chi connectivity index (χ4n) is 3.09. The van der Waals surface area contributed by atoms with Crippen molar-refractivity contribution < 1.29 is 4.74 Å². The Morgan fingerprint density at radius 2 is 2.21 bits per heavy atom. The third kappa shape index (κ3) is 3.27. The predicted molar refractivity (Wildman–Crippen MR) is 91.7 cm³/mol. The van der Waals surface area contributed by atoms with E-state index in [4.69, 9.17) is 14.7 Å². The van der Waals surface area contributed by atoms with Gasteiger partial charge in [0.05, 0.1) is 24.1 Å². The zero-order chi connectivity index (χ0) is 16.5. The minimum absolute atomic E-state index is 0.570. The van der Waals surface area contributed by atoms with E-state index in [1.165, 1.54) is 24.1 Å². The van der Waals surface area contributed by atoms with Crippen molar-refractivity contribution in [3.63, 3.8) is 0 Å². The SMILES string of the molecule is COCCN1CCc2nc(-c3cnn(C)c3)nc(NC3CC3)c2C1. The van der Waals surface area contributed by atoms with Gasteiger partial charge in [0.2, 0.25) is 0 Å². The molecule has 7 heteroatoms.